The van der Waals surface area contributed by atoms with Crippen LogP contribution in [0.1, 0.15) is 18.9 Å². The minimum absolute atomic E-state index is 0.219. The molecule has 0 saturated carbocycles. The molecule has 0 atom stereocenters. The number of ether oxygens (including phenoxy) is 1. The van der Waals surface area contributed by atoms with Gasteiger partial charge in [0.15, 0.2) is 0 Å². The van der Waals surface area contributed by atoms with Gasteiger partial charge in [0, 0.05) is 37.9 Å². The van der Waals surface area contributed by atoms with Crippen LogP contribution in [-0.2, 0) is 13.5 Å². The highest BCUT2D eigenvalue weighted by Crippen LogP contribution is 2.26. The Morgan fingerprint density at radius 3 is 2.78 bits per heavy atom. The summed E-state index contributed by atoms with van der Waals surface area (Å²) in [5, 5.41) is 9.91. The molecular weight excluding hydrogens is 342 g/mol. The zero-order chi connectivity index (χ0) is 19.1. The highest BCUT2D eigenvalue weighted by molar-refractivity contribution is 5.89. The van der Waals surface area contributed by atoms with E-state index in [0.717, 1.165) is 24.3 Å². The van der Waals surface area contributed by atoms with Gasteiger partial charge in [-0.15, -0.1) is 0 Å². The van der Waals surface area contributed by atoms with Gasteiger partial charge >= 0.3 is 6.03 Å². The van der Waals surface area contributed by atoms with Crippen molar-refractivity contribution in [3.05, 3.63) is 60.7 Å². The molecule has 7 heteroatoms. The van der Waals surface area contributed by atoms with E-state index in [0.29, 0.717) is 18.8 Å². The van der Waals surface area contributed by atoms with Crippen molar-refractivity contribution < 1.29 is 9.53 Å². The minimum atomic E-state index is -0.219. The van der Waals surface area contributed by atoms with Gasteiger partial charge in [-0.3, -0.25) is 4.68 Å². The Bertz CT molecular complexity index is 870. The number of urea groups is 1. The van der Waals surface area contributed by atoms with E-state index in [1.165, 1.54) is 5.56 Å². The van der Waals surface area contributed by atoms with E-state index in [9.17, 15) is 4.79 Å². The quantitative estimate of drug-likeness (QED) is 0.600. The number of amides is 2. The lowest BCUT2D eigenvalue weighted by atomic mass is 10.2. The highest BCUT2D eigenvalue weighted by Gasteiger charge is 2.09. The molecule has 142 valence electrons. The number of nitrogens with zero attached hydrogens (tertiary/aromatic N) is 3. The van der Waals surface area contributed by atoms with Crippen molar-refractivity contribution in [1.82, 2.24) is 19.7 Å². The lowest BCUT2D eigenvalue weighted by Gasteiger charge is -2.14. The summed E-state index contributed by atoms with van der Waals surface area (Å²) in [6, 6.07) is 9.30. The molecular formula is C20H25N5O2. The second-order valence-corrected chi connectivity index (χ2v) is 6.21. The molecule has 1 aromatic carbocycles. The van der Waals surface area contributed by atoms with Gasteiger partial charge in [-0.05, 0) is 55.7 Å². The van der Waals surface area contributed by atoms with Gasteiger partial charge in [0.2, 0.25) is 0 Å². The zero-order valence-corrected chi connectivity index (χ0v) is 15.7. The summed E-state index contributed by atoms with van der Waals surface area (Å²) in [4.78, 5) is 12.2. The first-order valence-electron chi connectivity index (χ1n) is 9.08. The molecule has 0 spiro atoms. The standard InChI is InChI=1S/C20H25N5O2/c1-3-27-19-9-8-17(13-18(19)25-11-4-5-12-25)23-20(26)21-10-6-7-16-14-22-24(2)15-16/h4-5,8-9,11-15H,3,6-7,10H2,1-2H3,(H2,21,23,26). The van der Waals surface area contributed by atoms with Gasteiger partial charge in [0.05, 0.1) is 18.5 Å². The Balaban J connectivity index is 1.55. The number of benzene rings is 1. The Morgan fingerprint density at radius 1 is 1.26 bits per heavy atom. The number of rotatable bonds is 8. The summed E-state index contributed by atoms with van der Waals surface area (Å²) in [6.07, 6.45) is 9.47. The normalized spacial score (nSPS) is 10.6. The van der Waals surface area contributed by atoms with Crippen LogP contribution in [0.4, 0.5) is 10.5 Å². The Labute approximate surface area is 159 Å². The molecule has 0 fully saturated rings. The maximum Gasteiger partial charge on any atom is 0.319 e. The number of aryl methyl sites for hydroxylation is 2. The van der Waals surface area contributed by atoms with Crippen LogP contribution in [0.5, 0.6) is 5.75 Å². The van der Waals surface area contributed by atoms with Crippen molar-refractivity contribution >= 4 is 11.7 Å². The third-order valence-electron chi connectivity index (χ3n) is 4.09. The van der Waals surface area contributed by atoms with E-state index in [2.05, 4.69) is 15.7 Å². The molecule has 2 heterocycles. The number of hydrogen-bond acceptors (Lipinski definition) is 3. The largest absolute Gasteiger partial charge is 0.492 e. The molecule has 3 aromatic rings. The Kier molecular flexibility index (Phi) is 6.14. The summed E-state index contributed by atoms with van der Waals surface area (Å²) in [5.41, 5.74) is 2.77. The van der Waals surface area contributed by atoms with Crippen LogP contribution >= 0.6 is 0 Å². The Morgan fingerprint density at radius 2 is 2.07 bits per heavy atom. The number of carbonyl (C=O) groups excluding carboxylic acids is 1. The van der Waals surface area contributed by atoms with E-state index in [4.69, 9.17) is 4.74 Å². The minimum Gasteiger partial charge on any atom is -0.492 e. The van der Waals surface area contributed by atoms with Crippen molar-refractivity contribution in [3.63, 3.8) is 0 Å². The maximum absolute atomic E-state index is 12.2. The van der Waals surface area contributed by atoms with Crippen LogP contribution in [0.3, 0.4) is 0 Å². The zero-order valence-electron chi connectivity index (χ0n) is 15.7. The SMILES string of the molecule is CCOc1ccc(NC(=O)NCCCc2cnn(C)c2)cc1-n1cccc1. The van der Waals surface area contributed by atoms with Gasteiger partial charge in [-0.2, -0.15) is 5.10 Å². The average molecular weight is 367 g/mol. The second kappa shape index (κ2) is 8.93. The molecule has 2 amide bonds. The van der Waals surface area contributed by atoms with Gasteiger partial charge in [-0.1, -0.05) is 0 Å². The van der Waals surface area contributed by atoms with Crippen LogP contribution in [0.2, 0.25) is 0 Å². The summed E-state index contributed by atoms with van der Waals surface area (Å²) < 4.78 is 9.43. The molecule has 2 N–H and O–H groups in total. The third kappa shape index (κ3) is 5.13. The lowest BCUT2D eigenvalue weighted by Crippen LogP contribution is -2.29. The highest BCUT2D eigenvalue weighted by atomic mass is 16.5. The fraction of sp³-hybridized carbons (Fsp3) is 0.300. The fourth-order valence-electron chi connectivity index (χ4n) is 2.84. The molecule has 0 unspecified atom stereocenters. The molecule has 7 nitrogen and oxygen atoms in total. The third-order valence-corrected chi connectivity index (χ3v) is 4.09. The van der Waals surface area contributed by atoms with E-state index < -0.39 is 0 Å². The molecule has 2 aromatic heterocycles. The molecule has 0 aliphatic carbocycles. The van der Waals surface area contributed by atoms with Gasteiger partial charge in [0.25, 0.3) is 0 Å². The number of carbonyl (C=O) groups is 1. The summed E-state index contributed by atoms with van der Waals surface area (Å²) in [7, 11) is 1.90. The smallest absolute Gasteiger partial charge is 0.319 e. The van der Waals surface area contributed by atoms with Gasteiger partial charge < -0.3 is 19.9 Å². The monoisotopic (exact) mass is 367 g/mol. The first kappa shape index (κ1) is 18.6. The van der Waals surface area contributed by atoms with Crippen molar-refractivity contribution in [3.8, 4) is 11.4 Å². The number of hydrogen-bond donors (Lipinski definition) is 2. The topological polar surface area (TPSA) is 73.1 Å². The van der Waals surface area contributed by atoms with Crippen LogP contribution in [0.25, 0.3) is 5.69 Å². The van der Waals surface area contributed by atoms with Crippen LogP contribution in [0.15, 0.2) is 55.1 Å². The predicted molar refractivity (Wildman–Crippen MR) is 105 cm³/mol. The van der Waals surface area contributed by atoms with Gasteiger partial charge in [-0.25, -0.2) is 4.79 Å². The lowest BCUT2D eigenvalue weighted by molar-refractivity contribution is 0.252. The molecule has 0 saturated heterocycles. The summed E-state index contributed by atoms with van der Waals surface area (Å²) >= 11 is 0. The van der Waals surface area contributed by atoms with E-state index in [1.807, 2.05) is 73.7 Å². The molecule has 3 rings (SSSR count). The van der Waals surface area contributed by atoms with Crippen molar-refractivity contribution in [2.45, 2.75) is 19.8 Å². The summed E-state index contributed by atoms with van der Waals surface area (Å²) in [6.45, 7) is 3.13. The molecule has 0 aliphatic rings. The number of aromatic nitrogens is 3. The van der Waals surface area contributed by atoms with E-state index in [1.54, 1.807) is 4.68 Å². The maximum atomic E-state index is 12.2. The fourth-order valence-corrected chi connectivity index (χ4v) is 2.84. The predicted octanol–water partition coefficient (Wildman–Crippen LogP) is 3.36. The van der Waals surface area contributed by atoms with Crippen LogP contribution < -0.4 is 15.4 Å². The van der Waals surface area contributed by atoms with Crippen molar-refractivity contribution in [1.29, 1.82) is 0 Å². The molecule has 27 heavy (non-hydrogen) atoms. The Hall–Kier alpha value is -3.22. The molecule has 0 bridgehead atoms. The number of anilines is 1. The van der Waals surface area contributed by atoms with Crippen molar-refractivity contribution in [2.75, 3.05) is 18.5 Å². The first-order valence-corrected chi connectivity index (χ1v) is 9.08. The van der Waals surface area contributed by atoms with Crippen LogP contribution in [-0.4, -0.2) is 33.5 Å². The van der Waals surface area contributed by atoms with E-state index >= 15 is 0 Å². The first-order chi connectivity index (χ1) is 13.2. The molecule has 0 aliphatic heterocycles. The molecule has 0 radical (unpaired) electrons. The van der Waals surface area contributed by atoms with Crippen molar-refractivity contribution in [2.24, 2.45) is 7.05 Å². The van der Waals surface area contributed by atoms with E-state index in [-0.39, 0.29) is 6.03 Å². The van der Waals surface area contributed by atoms with Crippen LogP contribution in [0, 0.1) is 0 Å². The second-order valence-electron chi connectivity index (χ2n) is 6.21. The average Bonchev–Trinajstić information content (AvgIpc) is 3.32. The summed E-state index contributed by atoms with van der Waals surface area (Å²) in [5.74, 6) is 0.774. The van der Waals surface area contributed by atoms with Gasteiger partial charge in [0.1, 0.15) is 5.75 Å². The number of nitrogens with one attached hydrogen (secondary N) is 2.